The number of anilines is 1. The smallest absolute Gasteiger partial charge is 0.250 e. The standard InChI is InChI=1S/C26H26N6O3S/c1-34-22-14-13-19(15-23(22)35-2)16-28-30-25(33)18-36-26-31-29-24(17-27-20-9-5-3-6-10-20)32(26)21-11-7-4-8-12-21/h3-16,27H,17-18H2,1-2H3,(H,30,33)/b28-16+. The van der Waals surface area contributed by atoms with Crippen molar-refractivity contribution in [3.05, 3.63) is 90.3 Å². The lowest BCUT2D eigenvalue weighted by Crippen LogP contribution is -2.20. The molecule has 0 unspecified atom stereocenters. The van der Waals surface area contributed by atoms with Crippen molar-refractivity contribution in [3.8, 4) is 17.2 Å². The number of ether oxygens (including phenoxy) is 2. The molecule has 0 radical (unpaired) electrons. The van der Waals surface area contributed by atoms with Gasteiger partial charge in [-0.3, -0.25) is 9.36 Å². The zero-order valence-electron chi connectivity index (χ0n) is 19.9. The second-order valence-corrected chi connectivity index (χ2v) is 8.43. The number of carbonyl (C=O) groups is 1. The maximum atomic E-state index is 12.4. The lowest BCUT2D eigenvalue weighted by molar-refractivity contribution is -0.118. The summed E-state index contributed by atoms with van der Waals surface area (Å²) in [5.41, 5.74) is 5.22. The topological polar surface area (TPSA) is 103 Å². The van der Waals surface area contributed by atoms with Gasteiger partial charge in [0.05, 0.1) is 32.7 Å². The maximum Gasteiger partial charge on any atom is 0.250 e. The predicted octanol–water partition coefficient (Wildman–Crippen LogP) is 4.14. The Hall–Kier alpha value is -4.31. The van der Waals surface area contributed by atoms with Crippen LogP contribution in [0.1, 0.15) is 11.4 Å². The number of hydrogen-bond donors (Lipinski definition) is 2. The molecule has 1 heterocycles. The third kappa shape index (κ3) is 6.42. The van der Waals surface area contributed by atoms with Gasteiger partial charge in [-0.05, 0) is 48.0 Å². The van der Waals surface area contributed by atoms with Gasteiger partial charge in [0.15, 0.2) is 22.5 Å². The number of benzene rings is 3. The Bertz CT molecular complexity index is 1310. The van der Waals surface area contributed by atoms with Gasteiger partial charge in [0.2, 0.25) is 0 Å². The number of para-hydroxylation sites is 2. The van der Waals surface area contributed by atoms with Gasteiger partial charge in [-0.2, -0.15) is 5.10 Å². The van der Waals surface area contributed by atoms with E-state index < -0.39 is 0 Å². The molecule has 2 N–H and O–H groups in total. The molecular weight excluding hydrogens is 476 g/mol. The highest BCUT2D eigenvalue weighted by atomic mass is 32.2. The van der Waals surface area contributed by atoms with Crippen molar-refractivity contribution in [2.24, 2.45) is 5.10 Å². The summed E-state index contributed by atoms with van der Waals surface area (Å²) in [6.45, 7) is 0.480. The molecule has 0 atom stereocenters. The summed E-state index contributed by atoms with van der Waals surface area (Å²) in [5.74, 6) is 1.81. The van der Waals surface area contributed by atoms with Gasteiger partial charge < -0.3 is 14.8 Å². The van der Waals surface area contributed by atoms with Crippen LogP contribution in [0.15, 0.2) is 89.1 Å². The summed E-state index contributed by atoms with van der Waals surface area (Å²) in [7, 11) is 3.14. The summed E-state index contributed by atoms with van der Waals surface area (Å²) in [5, 5.41) is 16.7. The monoisotopic (exact) mass is 502 g/mol. The van der Waals surface area contributed by atoms with Crippen molar-refractivity contribution in [2.45, 2.75) is 11.7 Å². The molecule has 36 heavy (non-hydrogen) atoms. The first kappa shape index (κ1) is 24.8. The molecule has 0 aliphatic rings. The molecule has 184 valence electrons. The van der Waals surface area contributed by atoms with E-state index in [4.69, 9.17) is 9.47 Å². The highest BCUT2D eigenvalue weighted by molar-refractivity contribution is 7.99. The fraction of sp³-hybridized carbons (Fsp3) is 0.154. The first-order chi connectivity index (χ1) is 17.7. The fourth-order valence-corrected chi connectivity index (χ4v) is 4.12. The van der Waals surface area contributed by atoms with Crippen LogP contribution >= 0.6 is 11.8 Å². The Morgan fingerprint density at radius 1 is 0.972 bits per heavy atom. The zero-order valence-corrected chi connectivity index (χ0v) is 20.7. The number of hydrogen-bond acceptors (Lipinski definition) is 8. The van der Waals surface area contributed by atoms with E-state index in [2.05, 4.69) is 26.0 Å². The molecule has 0 saturated heterocycles. The summed E-state index contributed by atoms with van der Waals surface area (Å²) in [6, 6.07) is 25.1. The Kier molecular flexibility index (Phi) is 8.55. The highest BCUT2D eigenvalue weighted by Crippen LogP contribution is 2.27. The van der Waals surface area contributed by atoms with Crippen molar-refractivity contribution in [3.63, 3.8) is 0 Å². The number of rotatable bonds is 11. The van der Waals surface area contributed by atoms with Gasteiger partial charge in [0.25, 0.3) is 5.91 Å². The van der Waals surface area contributed by atoms with Crippen LogP contribution in [0.25, 0.3) is 5.69 Å². The van der Waals surface area contributed by atoms with Crippen LogP contribution in [0.3, 0.4) is 0 Å². The number of nitrogens with zero attached hydrogens (tertiary/aromatic N) is 4. The quantitative estimate of drug-likeness (QED) is 0.181. The van der Waals surface area contributed by atoms with E-state index in [1.807, 2.05) is 71.3 Å². The number of methoxy groups -OCH3 is 2. The number of aromatic nitrogens is 3. The van der Waals surface area contributed by atoms with Gasteiger partial charge in [-0.15, -0.1) is 10.2 Å². The minimum Gasteiger partial charge on any atom is -0.493 e. The second-order valence-electron chi connectivity index (χ2n) is 7.49. The summed E-state index contributed by atoms with van der Waals surface area (Å²) in [6.07, 6.45) is 1.55. The first-order valence-electron chi connectivity index (χ1n) is 11.1. The first-order valence-corrected chi connectivity index (χ1v) is 12.1. The molecule has 0 fully saturated rings. The van der Waals surface area contributed by atoms with E-state index in [1.54, 1.807) is 32.6 Å². The van der Waals surface area contributed by atoms with Crippen molar-refractivity contribution in [2.75, 3.05) is 25.3 Å². The van der Waals surface area contributed by atoms with Crippen molar-refractivity contribution in [1.82, 2.24) is 20.2 Å². The Balaban J connectivity index is 1.40. The third-order valence-corrected chi connectivity index (χ3v) is 6.01. The second kappa shape index (κ2) is 12.4. The predicted molar refractivity (Wildman–Crippen MR) is 141 cm³/mol. The Morgan fingerprint density at radius 2 is 1.69 bits per heavy atom. The van der Waals surface area contributed by atoms with Crippen LogP contribution in [-0.4, -0.2) is 46.9 Å². The van der Waals surface area contributed by atoms with Gasteiger partial charge >= 0.3 is 0 Å². The zero-order chi connectivity index (χ0) is 25.2. The summed E-state index contributed by atoms with van der Waals surface area (Å²) in [4.78, 5) is 12.4. The van der Waals surface area contributed by atoms with Gasteiger partial charge in [-0.25, -0.2) is 5.43 Å². The molecule has 10 heteroatoms. The van der Waals surface area contributed by atoms with E-state index >= 15 is 0 Å². The van der Waals surface area contributed by atoms with Gasteiger partial charge in [0.1, 0.15) is 0 Å². The van der Waals surface area contributed by atoms with Gasteiger partial charge in [0, 0.05) is 11.4 Å². The fourth-order valence-electron chi connectivity index (χ4n) is 3.36. The average Bonchev–Trinajstić information content (AvgIpc) is 3.34. The molecule has 9 nitrogen and oxygen atoms in total. The van der Waals surface area contributed by atoms with Crippen molar-refractivity contribution < 1.29 is 14.3 Å². The number of amides is 1. The molecule has 0 bridgehead atoms. The van der Waals surface area contributed by atoms with Crippen LogP contribution in [-0.2, 0) is 11.3 Å². The molecule has 3 aromatic carbocycles. The average molecular weight is 503 g/mol. The maximum absolute atomic E-state index is 12.4. The summed E-state index contributed by atoms with van der Waals surface area (Å²) >= 11 is 1.29. The molecule has 1 amide bonds. The Labute approximate surface area is 213 Å². The number of carbonyl (C=O) groups excluding carboxylic acids is 1. The van der Waals surface area contributed by atoms with Crippen molar-refractivity contribution in [1.29, 1.82) is 0 Å². The molecule has 0 saturated carbocycles. The van der Waals surface area contributed by atoms with Crippen LogP contribution in [0.4, 0.5) is 5.69 Å². The van der Waals surface area contributed by atoms with Crippen LogP contribution in [0.5, 0.6) is 11.5 Å². The van der Waals surface area contributed by atoms with E-state index in [1.165, 1.54) is 11.8 Å². The van der Waals surface area contributed by atoms with E-state index in [0.717, 1.165) is 22.8 Å². The minimum atomic E-state index is -0.261. The molecular formula is C26H26N6O3S. The van der Waals surface area contributed by atoms with E-state index in [9.17, 15) is 4.79 Å². The van der Waals surface area contributed by atoms with E-state index in [-0.39, 0.29) is 11.7 Å². The largest absolute Gasteiger partial charge is 0.493 e. The van der Waals surface area contributed by atoms with Crippen LogP contribution in [0.2, 0.25) is 0 Å². The minimum absolute atomic E-state index is 0.125. The number of nitrogens with one attached hydrogen (secondary N) is 2. The lowest BCUT2D eigenvalue weighted by Gasteiger charge is -2.11. The Morgan fingerprint density at radius 3 is 2.42 bits per heavy atom. The van der Waals surface area contributed by atoms with Crippen LogP contribution in [0, 0.1) is 0 Å². The SMILES string of the molecule is COc1ccc(/C=N/NC(=O)CSc2nnc(CNc3ccccc3)n2-c2ccccc2)cc1OC. The third-order valence-electron chi connectivity index (χ3n) is 5.08. The normalized spacial score (nSPS) is 10.8. The highest BCUT2D eigenvalue weighted by Gasteiger charge is 2.15. The van der Waals surface area contributed by atoms with Crippen molar-refractivity contribution >= 4 is 29.6 Å². The molecule has 0 aliphatic carbocycles. The molecule has 1 aromatic heterocycles. The van der Waals surface area contributed by atoms with Crippen LogP contribution < -0.4 is 20.2 Å². The lowest BCUT2D eigenvalue weighted by atomic mass is 10.2. The summed E-state index contributed by atoms with van der Waals surface area (Å²) < 4.78 is 12.5. The molecule has 0 spiro atoms. The number of thioether (sulfide) groups is 1. The molecule has 0 aliphatic heterocycles. The molecule has 4 rings (SSSR count). The van der Waals surface area contributed by atoms with E-state index in [0.29, 0.717) is 23.2 Å². The number of hydrazone groups is 1. The molecule has 4 aromatic rings. The van der Waals surface area contributed by atoms with Gasteiger partial charge in [-0.1, -0.05) is 48.2 Å².